The smallest absolute Gasteiger partial charge is 0.303 e. The van der Waals surface area contributed by atoms with Crippen molar-refractivity contribution < 1.29 is 34.2 Å². The number of rotatable bonds is 34. The lowest BCUT2D eigenvalue weighted by molar-refractivity contribution is -0.137. The van der Waals surface area contributed by atoms with Crippen molar-refractivity contribution in [3.05, 3.63) is 0 Å². The Morgan fingerprint density at radius 1 is 0.667 bits per heavy atom. The highest BCUT2D eigenvalue weighted by Gasteiger charge is 2.23. The van der Waals surface area contributed by atoms with Crippen LogP contribution in [0.5, 0.6) is 0 Å². The Morgan fingerprint density at radius 3 is 1.75 bits per heavy atom. The highest BCUT2D eigenvalue weighted by atomic mass is 16.4. The SMILES string of the molecule is NC(=O)[C@@H](CO)CCC(=O)[C@@H](CCCCNC(=O)CCCCCCCCCCCCCCCCC(=O)O)CCC(=O)CCC1CNCN1. The quantitative estimate of drug-likeness (QED) is 0.0490. The van der Waals surface area contributed by atoms with Gasteiger partial charge in [0.25, 0.3) is 0 Å². The summed E-state index contributed by atoms with van der Waals surface area (Å²) >= 11 is 0. The zero-order valence-corrected chi connectivity index (χ0v) is 29.8. The second kappa shape index (κ2) is 29.5. The van der Waals surface area contributed by atoms with E-state index in [1.165, 1.54) is 51.4 Å². The Balaban J connectivity index is 2.12. The van der Waals surface area contributed by atoms with Crippen LogP contribution in [0.2, 0.25) is 0 Å². The van der Waals surface area contributed by atoms with E-state index < -0.39 is 17.8 Å². The van der Waals surface area contributed by atoms with E-state index >= 15 is 0 Å². The predicted molar refractivity (Wildman–Crippen MR) is 189 cm³/mol. The normalized spacial score (nSPS) is 15.6. The zero-order chi connectivity index (χ0) is 35.2. The second-order valence-electron chi connectivity index (χ2n) is 13.8. The number of Topliss-reactive ketones (excluding diaryl/α,β-unsaturated/α-hetero) is 2. The summed E-state index contributed by atoms with van der Waals surface area (Å²) in [4.78, 5) is 59.8. The molecule has 2 amide bonds. The van der Waals surface area contributed by atoms with Gasteiger partial charge in [-0.25, -0.2) is 0 Å². The molecule has 1 aliphatic rings. The van der Waals surface area contributed by atoms with Gasteiger partial charge < -0.3 is 31.9 Å². The van der Waals surface area contributed by atoms with Crippen molar-refractivity contribution in [2.24, 2.45) is 17.6 Å². The van der Waals surface area contributed by atoms with Crippen molar-refractivity contribution in [2.75, 3.05) is 26.4 Å². The minimum atomic E-state index is -0.735. The van der Waals surface area contributed by atoms with Crippen molar-refractivity contribution >= 4 is 29.4 Å². The van der Waals surface area contributed by atoms with Gasteiger partial charge in [-0.15, -0.1) is 0 Å². The van der Waals surface area contributed by atoms with Gasteiger partial charge in [-0.1, -0.05) is 83.5 Å². The zero-order valence-electron chi connectivity index (χ0n) is 29.8. The number of aliphatic hydroxyl groups excluding tert-OH is 1. The van der Waals surface area contributed by atoms with E-state index in [4.69, 9.17) is 10.8 Å². The molecular weight excluding hydrogens is 612 g/mol. The molecule has 0 aliphatic carbocycles. The molecule has 7 N–H and O–H groups in total. The maximum Gasteiger partial charge on any atom is 0.303 e. The van der Waals surface area contributed by atoms with E-state index in [1.807, 2.05) is 0 Å². The van der Waals surface area contributed by atoms with Crippen LogP contribution in [0.4, 0.5) is 0 Å². The number of aliphatic carboxylic acids is 1. The lowest BCUT2D eigenvalue weighted by Crippen LogP contribution is -2.28. The fourth-order valence-corrected chi connectivity index (χ4v) is 6.36. The maximum atomic E-state index is 13.0. The third kappa shape index (κ3) is 24.7. The molecule has 0 aromatic heterocycles. The number of carboxylic acids is 1. The highest BCUT2D eigenvalue weighted by Crippen LogP contribution is 2.21. The van der Waals surface area contributed by atoms with Gasteiger partial charge in [0, 0.05) is 63.8 Å². The Bertz CT molecular complexity index is 895. The van der Waals surface area contributed by atoms with Crippen LogP contribution in [-0.4, -0.2) is 72.0 Å². The Morgan fingerprint density at radius 2 is 1.23 bits per heavy atom. The minimum Gasteiger partial charge on any atom is -0.481 e. The first-order valence-corrected chi connectivity index (χ1v) is 19.1. The molecule has 1 heterocycles. The fourth-order valence-electron chi connectivity index (χ4n) is 6.36. The topological polar surface area (TPSA) is 188 Å². The Kier molecular flexibility index (Phi) is 26.9. The van der Waals surface area contributed by atoms with Gasteiger partial charge in [0.1, 0.15) is 11.6 Å². The molecule has 1 rings (SSSR count). The highest BCUT2D eigenvalue weighted by molar-refractivity contribution is 5.84. The number of carbonyl (C=O) groups excluding carboxylic acids is 4. The largest absolute Gasteiger partial charge is 0.481 e. The molecule has 1 unspecified atom stereocenters. The van der Waals surface area contributed by atoms with Gasteiger partial charge in [0.05, 0.1) is 12.5 Å². The summed E-state index contributed by atoms with van der Waals surface area (Å²) in [5.74, 6) is -2.08. The van der Waals surface area contributed by atoms with Crippen molar-refractivity contribution in [2.45, 2.75) is 167 Å². The number of nitrogens with one attached hydrogen (secondary N) is 3. The molecule has 0 radical (unpaired) electrons. The summed E-state index contributed by atoms with van der Waals surface area (Å²) in [6.07, 6.45) is 21.6. The average Bonchev–Trinajstić information content (AvgIpc) is 3.58. The Labute approximate surface area is 289 Å². The summed E-state index contributed by atoms with van der Waals surface area (Å²) < 4.78 is 0. The molecule has 3 atom stereocenters. The lowest BCUT2D eigenvalue weighted by Gasteiger charge is -2.17. The third-order valence-corrected chi connectivity index (χ3v) is 9.61. The number of ketones is 2. The number of hydrogen-bond acceptors (Lipinski definition) is 8. The Hall–Kier alpha value is -2.37. The summed E-state index contributed by atoms with van der Waals surface area (Å²) in [6.45, 7) is 1.82. The van der Waals surface area contributed by atoms with Gasteiger partial charge in [0.15, 0.2) is 0 Å². The average molecular weight is 681 g/mol. The van der Waals surface area contributed by atoms with E-state index in [2.05, 4.69) is 16.0 Å². The van der Waals surface area contributed by atoms with Gasteiger partial charge in [-0.05, 0) is 44.9 Å². The number of primary amides is 1. The number of carbonyl (C=O) groups is 5. The van der Waals surface area contributed by atoms with Crippen molar-refractivity contribution in [3.8, 4) is 0 Å². The predicted octanol–water partition coefficient (Wildman–Crippen LogP) is 5.31. The van der Waals surface area contributed by atoms with E-state index in [0.29, 0.717) is 51.1 Å². The molecule has 0 saturated carbocycles. The maximum absolute atomic E-state index is 13.0. The van der Waals surface area contributed by atoms with E-state index in [-0.39, 0.29) is 42.8 Å². The minimum absolute atomic E-state index is 0.00601. The molecule has 278 valence electrons. The number of unbranched alkanes of at least 4 members (excludes halogenated alkanes) is 14. The van der Waals surface area contributed by atoms with Crippen molar-refractivity contribution in [3.63, 3.8) is 0 Å². The molecule has 0 bridgehead atoms. The van der Waals surface area contributed by atoms with Crippen molar-refractivity contribution in [1.82, 2.24) is 16.0 Å². The van der Waals surface area contributed by atoms with Crippen LogP contribution in [0.1, 0.15) is 161 Å². The van der Waals surface area contributed by atoms with Crippen LogP contribution in [0.3, 0.4) is 0 Å². The van der Waals surface area contributed by atoms with Crippen LogP contribution in [0, 0.1) is 11.8 Å². The van der Waals surface area contributed by atoms with Gasteiger partial charge in [-0.3, -0.25) is 24.0 Å². The summed E-state index contributed by atoms with van der Waals surface area (Å²) in [6, 6.07) is 0.309. The molecule has 11 nitrogen and oxygen atoms in total. The van der Waals surface area contributed by atoms with Gasteiger partial charge in [-0.2, -0.15) is 0 Å². The molecule has 1 aliphatic heterocycles. The summed E-state index contributed by atoms with van der Waals surface area (Å²) in [5.41, 5.74) is 5.32. The monoisotopic (exact) mass is 681 g/mol. The van der Waals surface area contributed by atoms with E-state index in [1.54, 1.807) is 0 Å². The first-order valence-electron chi connectivity index (χ1n) is 19.1. The third-order valence-electron chi connectivity index (χ3n) is 9.61. The number of carboxylic acid groups (broad SMARTS) is 1. The fraction of sp³-hybridized carbons (Fsp3) is 0.865. The number of aliphatic hydroxyl groups is 1. The van der Waals surface area contributed by atoms with Crippen LogP contribution in [0.15, 0.2) is 0 Å². The second-order valence-corrected chi connectivity index (χ2v) is 13.8. The van der Waals surface area contributed by atoms with Gasteiger partial charge in [0.2, 0.25) is 11.8 Å². The molecule has 0 aromatic rings. The van der Waals surface area contributed by atoms with Crippen LogP contribution in [0.25, 0.3) is 0 Å². The van der Waals surface area contributed by atoms with E-state index in [0.717, 1.165) is 71.0 Å². The summed E-state index contributed by atoms with van der Waals surface area (Å²) in [7, 11) is 0. The van der Waals surface area contributed by atoms with Gasteiger partial charge >= 0.3 is 5.97 Å². The molecule has 48 heavy (non-hydrogen) atoms. The van der Waals surface area contributed by atoms with Crippen LogP contribution < -0.4 is 21.7 Å². The number of hydrogen-bond donors (Lipinski definition) is 6. The van der Waals surface area contributed by atoms with Crippen LogP contribution >= 0.6 is 0 Å². The first kappa shape index (κ1) is 43.7. The molecule has 1 saturated heterocycles. The molecule has 1 fully saturated rings. The molecule has 11 heteroatoms. The summed E-state index contributed by atoms with van der Waals surface area (Å²) in [5, 5.41) is 27.6. The standard InChI is InChI=1S/C37H68N4O7/c38-37(48)31(28-42)21-25-34(44)30(20-23-33(43)24-22-32-27-39-29-41-32)17-15-16-26-40-35(45)18-13-11-9-7-5-3-1-2-4-6-8-10-12-14-19-36(46)47/h30-32,39,41-42H,1-29H2,(H2,38,48)(H,40,45)(H,46,47)/t30-,31+,32?/m0/s1. The van der Waals surface area contributed by atoms with E-state index in [9.17, 15) is 29.1 Å². The van der Waals surface area contributed by atoms with Crippen LogP contribution in [-0.2, 0) is 24.0 Å². The first-order chi connectivity index (χ1) is 23.2. The molecule has 0 spiro atoms. The number of amides is 2. The van der Waals surface area contributed by atoms with Crippen molar-refractivity contribution in [1.29, 1.82) is 0 Å². The number of nitrogens with two attached hydrogens (primary N) is 1. The lowest BCUT2D eigenvalue weighted by atomic mass is 9.87. The molecular formula is C37H68N4O7. The molecule has 0 aromatic carbocycles.